The molecule has 0 aliphatic heterocycles. The van der Waals surface area contributed by atoms with Crippen LogP contribution in [0.25, 0.3) is 10.1 Å². The van der Waals surface area contributed by atoms with Crippen LogP contribution in [0.3, 0.4) is 0 Å². The molecule has 0 saturated carbocycles. The standard InChI is InChI=1S/C17H15BrFNS/c1-2-20-16(12-6-4-8-14(19)15(12)18)13-7-3-5-11-9-10-21-17(11)13/h3-10,16,20H,2H2,1H3. The SMILES string of the molecule is CCNC(c1cccc(F)c1Br)c1cccc2ccsc12. The predicted octanol–water partition coefficient (Wildman–Crippen LogP) is 5.50. The fraction of sp³-hybridized carbons (Fsp3) is 0.176. The van der Waals surface area contributed by atoms with E-state index in [1.807, 2.05) is 6.07 Å². The molecule has 1 atom stereocenters. The van der Waals surface area contributed by atoms with Gasteiger partial charge in [-0.1, -0.05) is 37.3 Å². The van der Waals surface area contributed by atoms with Crippen molar-refractivity contribution in [3.8, 4) is 0 Å². The molecule has 108 valence electrons. The summed E-state index contributed by atoms with van der Waals surface area (Å²) in [4.78, 5) is 0. The molecule has 0 radical (unpaired) electrons. The minimum atomic E-state index is -0.228. The molecule has 0 bridgehead atoms. The molecule has 3 rings (SSSR count). The van der Waals surface area contributed by atoms with Gasteiger partial charge in [0.15, 0.2) is 0 Å². The Labute approximate surface area is 135 Å². The van der Waals surface area contributed by atoms with Gasteiger partial charge in [0.05, 0.1) is 10.5 Å². The smallest absolute Gasteiger partial charge is 0.137 e. The second-order valence-corrected chi connectivity index (χ2v) is 6.53. The summed E-state index contributed by atoms with van der Waals surface area (Å²) in [6, 6.07) is 13.6. The molecule has 1 heterocycles. The van der Waals surface area contributed by atoms with Gasteiger partial charge >= 0.3 is 0 Å². The molecule has 3 aromatic rings. The van der Waals surface area contributed by atoms with Crippen LogP contribution in [0.2, 0.25) is 0 Å². The topological polar surface area (TPSA) is 12.0 Å². The van der Waals surface area contributed by atoms with E-state index in [4.69, 9.17) is 0 Å². The minimum Gasteiger partial charge on any atom is -0.306 e. The van der Waals surface area contributed by atoms with Crippen molar-refractivity contribution in [3.05, 3.63) is 69.3 Å². The van der Waals surface area contributed by atoms with Crippen molar-refractivity contribution in [1.29, 1.82) is 0 Å². The Balaban J connectivity index is 2.18. The number of halogens is 2. The van der Waals surface area contributed by atoms with E-state index in [1.54, 1.807) is 17.4 Å². The van der Waals surface area contributed by atoms with Crippen molar-refractivity contribution >= 4 is 37.4 Å². The first-order valence-electron chi connectivity index (χ1n) is 6.85. The second kappa shape index (κ2) is 6.26. The molecule has 4 heteroatoms. The first-order chi connectivity index (χ1) is 10.2. The van der Waals surface area contributed by atoms with E-state index in [-0.39, 0.29) is 11.9 Å². The predicted molar refractivity (Wildman–Crippen MR) is 91.4 cm³/mol. The average Bonchev–Trinajstić information content (AvgIpc) is 2.97. The highest BCUT2D eigenvalue weighted by Crippen LogP contribution is 2.35. The number of hydrogen-bond donors (Lipinski definition) is 1. The summed E-state index contributed by atoms with van der Waals surface area (Å²) in [6.07, 6.45) is 0. The largest absolute Gasteiger partial charge is 0.306 e. The Morgan fingerprint density at radius 1 is 1.14 bits per heavy atom. The molecule has 1 aromatic heterocycles. The Bertz CT molecular complexity index is 768. The van der Waals surface area contributed by atoms with Crippen LogP contribution in [-0.4, -0.2) is 6.54 Å². The molecule has 0 aliphatic rings. The molecule has 2 aromatic carbocycles. The van der Waals surface area contributed by atoms with Crippen molar-refractivity contribution < 1.29 is 4.39 Å². The minimum absolute atomic E-state index is 0.0255. The van der Waals surface area contributed by atoms with Gasteiger partial charge in [-0.2, -0.15) is 0 Å². The van der Waals surface area contributed by atoms with Gasteiger partial charge in [0, 0.05) is 4.70 Å². The second-order valence-electron chi connectivity index (χ2n) is 4.82. The highest BCUT2D eigenvalue weighted by Gasteiger charge is 2.20. The van der Waals surface area contributed by atoms with Crippen LogP contribution in [0, 0.1) is 5.82 Å². The van der Waals surface area contributed by atoms with Crippen LogP contribution in [0.15, 0.2) is 52.3 Å². The number of hydrogen-bond acceptors (Lipinski definition) is 2. The summed E-state index contributed by atoms with van der Waals surface area (Å²) in [7, 11) is 0. The fourth-order valence-electron chi connectivity index (χ4n) is 2.58. The van der Waals surface area contributed by atoms with E-state index in [1.165, 1.54) is 21.7 Å². The third kappa shape index (κ3) is 2.76. The van der Waals surface area contributed by atoms with Crippen molar-refractivity contribution in [2.45, 2.75) is 13.0 Å². The third-order valence-corrected chi connectivity index (χ3v) is 5.34. The maximum absolute atomic E-state index is 13.9. The summed E-state index contributed by atoms with van der Waals surface area (Å²) in [6.45, 7) is 2.88. The van der Waals surface area contributed by atoms with E-state index in [0.29, 0.717) is 4.47 Å². The molecular formula is C17H15BrFNS. The zero-order valence-corrected chi connectivity index (χ0v) is 14.0. The van der Waals surface area contributed by atoms with Gasteiger partial charge < -0.3 is 5.32 Å². The maximum atomic E-state index is 13.9. The Hall–Kier alpha value is -1.23. The van der Waals surface area contributed by atoms with Gasteiger partial charge in [-0.25, -0.2) is 4.39 Å². The first-order valence-corrected chi connectivity index (χ1v) is 8.53. The van der Waals surface area contributed by atoms with E-state index < -0.39 is 0 Å². The Morgan fingerprint density at radius 3 is 2.71 bits per heavy atom. The maximum Gasteiger partial charge on any atom is 0.137 e. The lowest BCUT2D eigenvalue weighted by Crippen LogP contribution is -2.22. The molecule has 21 heavy (non-hydrogen) atoms. The lowest BCUT2D eigenvalue weighted by Gasteiger charge is -2.21. The first kappa shape index (κ1) is 14.7. The molecular weight excluding hydrogens is 349 g/mol. The molecule has 0 amide bonds. The Kier molecular flexibility index (Phi) is 4.38. The molecule has 1 unspecified atom stereocenters. The van der Waals surface area contributed by atoms with Crippen LogP contribution in [-0.2, 0) is 0 Å². The van der Waals surface area contributed by atoms with Crippen LogP contribution in [0.5, 0.6) is 0 Å². The van der Waals surface area contributed by atoms with Crippen LogP contribution in [0.1, 0.15) is 24.1 Å². The summed E-state index contributed by atoms with van der Waals surface area (Å²) in [5.74, 6) is -0.228. The molecule has 1 N–H and O–H groups in total. The average molecular weight is 364 g/mol. The summed E-state index contributed by atoms with van der Waals surface area (Å²) < 4.78 is 15.7. The lowest BCUT2D eigenvalue weighted by molar-refractivity contribution is 0.597. The summed E-state index contributed by atoms with van der Waals surface area (Å²) in [5.41, 5.74) is 2.12. The normalized spacial score (nSPS) is 12.7. The molecule has 0 spiro atoms. The number of benzene rings is 2. The van der Waals surface area contributed by atoms with Gasteiger partial charge in [-0.05, 0) is 56.5 Å². The van der Waals surface area contributed by atoms with Gasteiger partial charge in [0.25, 0.3) is 0 Å². The molecule has 1 nitrogen and oxygen atoms in total. The number of fused-ring (bicyclic) bond motifs is 1. The zero-order valence-electron chi connectivity index (χ0n) is 11.6. The third-order valence-electron chi connectivity index (χ3n) is 3.52. The summed E-state index contributed by atoms with van der Waals surface area (Å²) in [5, 5.41) is 6.80. The van der Waals surface area contributed by atoms with Crippen molar-refractivity contribution in [2.75, 3.05) is 6.54 Å². The highest BCUT2D eigenvalue weighted by atomic mass is 79.9. The Morgan fingerprint density at radius 2 is 1.90 bits per heavy atom. The van der Waals surface area contributed by atoms with E-state index in [9.17, 15) is 4.39 Å². The van der Waals surface area contributed by atoms with Crippen molar-refractivity contribution in [2.24, 2.45) is 0 Å². The molecule has 0 fully saturated rings. The molecule has 0 saturated heterocycles. The van der Waals surface area contributed by atoms with Gasteiger partial charge in [-0.15, -0.1) is 11.3 Å². The monoisotopic (exact) mass is 363 g/mol. The van der Waals surface area contributed by atoms with E-state index in [2.05, 4.69) is 57.8 Å². The van der Waals surface area contributed by atoms with E-state index in [0.717, 1.165) is 12.1 Å². The number of rotatable bonds is 4. The quantitative estimate of drug-likeness (QED) is 0.644. The summed E-state index contributed by atoms with van der Waals surface area (Å²) >= 11 is 5.12. The molecule has 0 aliphatic carbocycles. The van der Waals surface area contributed by atoms with E-state index >= 15 is 0 Å². The van der Waals surface area contributed by atoms with Crippen molar-refractivity contribution in [1.82, 2.24) is 5.32 Å². The van der Waals surface area contributed by atoms with Crippen LogP contribution in [0.4, 0.5) is 4.39 Å². The van der Waals surface area contributed by atoms with Gasteiger partial charge in [-0.3, -0.25) is 0 Å². The van der Waals surface area contributed by atoms with Crippen molar-refractivity contribution in [3.63, 3.8) is 0 Å². The van der Waals surface area contributed by atoms with Gasteiger partial charge in [0.1, 0.15) is 5.82 Å². The van der Waals surface area contributed by atoms with Crippen LogP contribution < -0.4 is 5.32 Å². The fourth-order valence-corrected chi connectivity index (χ4v) is 4.02. The number of thiophene rings is 1. The zero-order chi connectivity index (χ0) is 14.8. The highest BCUT2D eigenvalue weighted by molar-refractivity contribution is 9.10. The van der Waals surface area contributed by atoms with Crippen LogP contribution >= 0.6 is 27.3 Å². The number of nitrogens with one attached hydrogen (secondary N) is 1. The lowest BCUT2D eigenvalue weighted by atomic mass is 9.97. The van der Waals surface area contributed by atoms with Gasteiger partial charge in [0.2, 0.25) is 0 Å².